The number of aryl methyl sites for hydroxylation is 1. The van der Waals surface area contributed by atoms with Crippen LogP contribution in [0.3, 0.4) is 0 Å². The minimum Gasteiger partial charge on any atom is -0.495 e. The standard InChI is InChI=1S/C23H21FN2O4S2/c1-15-3-12-21(30-2)20(13-15)26-22(27)14-31-23(26)16-4-8-18(9-5-16)25-32(28,29)19-10-6-17(24)7-11-19/h3-13,23,25H,14H2,1-2H3/t23-/m1/s1. The second-order valence-electron chi connectivity index (χ2n) is 7.28. The molecule has 0 aliphatic carbocycles. The summed E-state index contributed by atoms with van der Waals surface area (Å²) in [7, 11) is -2.27. The lowest BCUT2D eigenvalue weighted by molar-refractivity contribution is -0.115. The highest BCUT2D eigenvalue weighted by Crippen LogP contribution is 2.45. The Hall–Kier alpha value is -3.04. The van der Waals surface area contributed by atoms with Crippen molar-refractivity contribution in [2.75, 3.05) is 22.5 Å². The van der Waals surface area contributed by atoms with E-state index in [0.717, 1.165) is 23.3 Å². The quantitative estimate of drug-likeness (QED) is 0.562. The number of thioether (sulfide) groups is 1. The van der Waals surface area contributed by atoms with Crippen LogP contribution in [0.1, 0.15) is 16.5 Å². The predicted octanol–water partition coefficient (Wildman–Crippen LogP) is 4.72. The summed E-state index contributed by atoms with van der Waals surface area (Å²) in [6, 6.07) is 17.2. The highest BCUT2D eigenvalue weighted by atomic mass is 32.2. The van der Waals surface area contributed by atoms with Crippen LogP contribution in [0.15, 0.2) is 71.6 Å². The number of nitrogens with one attached hydrogen (secondary N) is 1. The van der Waals surface area contributed by atoms with Crippen LogP contribution in [0, 0.1) is 12.7 Å². The molecule has 1 aliphatic heterocycles. The zero-order valence-electron chi connectivity index (χ0n) is 17.4. The Morgan fingerprint density at radius 1 is 1.06 bits per heavy atom. The summed E-state index contributed by atoms with van der Waals surface area (Å²) >= 11 is 1.50. The average Bonchev–Trinajstić information content (AvgIpc) is 3.15. The van der Waals surface area contributed by atoms with E-state index < -0.39 is 15.8 Å². The van der Waals surface area contributed by atoms with Gasteiger partial charge in [-0.15, -0.1) is 11.8 Å². The Labute approximate surface area is 190 Å². The maximum absolute atomic E-state index is 13.1. The molecule has 1 atom stereocenters. The number of benzene rings is 3. The van der Waals surface area contributed by atoms with E-state index in [0.29, 0.717) is 22.9 Å². The largest absolute Gasteiger partial charge is 0.495 e. The van der Waals surface area contributed by atoms with Crippen molar-refractivity contribution >= 4 is 39.1 Å². The summed E-state index contributed by atoms with van der Waals surface area (Å²) < 4.78 is 46.1. The van der Waals surface area contributed by atoms with Gasteiger partial charge >= 0.3 is 0 Å². The first-order valence-corrected chi connectivity index (χ1v) is 12.3. The number of halogens is 1. The van der Waals surface area contributed by atoms with Gasteiger partial charge in [0.25, 0.3) is 10.0 Å². The third-order valence-electron chi connectivity index (χ3n) is 5.03. The molecule has 1 saturated heterocycles. The Bertz CT molecular complexity index is 1250. The molecule has 1 fully saturated rings. The molecule has 32 heavy (non-hydrogen) atoms. The van der Waals surface area contributed by atoms with Gasteiger partial charge in [0, 0.05) is 5.69 Å². The summed E-state index contributed by atoms with van der Waals surface area (Å²) in [5.41, 5.74) is 2.93. The van der Waals surface area contributed by atoms with Gasteiger partial charge in [0.15, 0.2) is 0 Å². The van der Waals surface area contributed by atoms with E-state index in [-0.39, 0.29) is 16.2 Å². The molecule has 3 aromatic rings. The fraction of sp³-hybridized carbons (Fsp3) is 0.174. The molecule has 1 aliphatic rings. The number of ether oxygens (including phenoxy) is 1. The highest BCUT2D eigenvalue weighted by molar-refractivity contribution is 8.00. The number of amides is 1. The second-order valence-corrected chi connectivity index (χ2v) is 10.0. The molecule has 0 aromatic heterocycles. The number of nitrogens with zero attached hydrogens (tertiary/aromatic N) is 1. The normalized spacial score (nSPS) is 16.3. The third-order valence-corrected chi connectivity index (χ3v) is 7.64. The Balaban J connectivity index is 1.59. The zero-order chi connectivity index (χ0) is 22.9. The predicted molar refractivity (Wildman–Crippen MR) is 124 cm³/mol. The Kier molecular flexibility index (Phi) is 6.12. The first kappa shape index (κ1) is 22.2. The lowest BCUT2D eigenvalue weighted by atomic mass is 10.1. The smallest absolute Gasteiger partial charge is 0.261 e. The molecule has 0 bridgehead atoms. The topological polar surface area (TPSA) is 75.7 Å². The van der Waals surface area contributed by atoms with Crippen molar-refractivity contribution in [3.05, 3.63) is 83.7 Å². The van der Waals surface area contributed by atoms with Crippen molar-refractivity contribution in [3.8, 4) is 5.75 Å². The number of anilines is 2. The van der Waals surface area contributed by atoms with Gasteiger partial charge in [-0.25, -0.2) is 12.8 Å². The SMILES string of the molecule is COc1ccc(C)cc1N1C(=O)CS[C@@H]1c1ccc(NS(=O)(=O)c2ccc(F)cc2)cc1. The van der Waals surface area contributed by atoms with Crippen LogP contribution < -0.4 is 14.4 Å². The van der Waals surface area contributed by atoms with Gasteiger partial charge in [-0.1, -0.05) is 18.2 Å². The minimum absolute atomic E-state index is 0.0232. The number of hydrogen-bond donors (Lipinski definition) is 1. The van der Waals surface area contributed by atoms with Crippen LogP contribution in [0.4, 0.5) is 15.8 Å². The molecule has 0 spiro atoms. The van der Waals surface area contributed by atoms with E-state index >= 15 is 0 Å². The molecule has 1 heterocycles. The van der Waals surface area contributed by atoms with Gasteiger partial charge in [0.1, 0.15) is 16.9 Å². The van der Waals surface area contributed by atoms with Crippen molar-refractivity contribution in [2.24, 2.45) is 0 Å². The minimum atomic E-state index is -3.84. The molecular formula is C23H21FN2O4S2. The number of sulfonamides is 1. The molecule has 9 heteroatoms. The van der Waals surface area contributed by atoms with E-state index in [2.05, 4.69) is 4.72 Å². The number of methoxy groups -OCH3 is 1. The van der Waals surface area contributed by atoms with Gasteiger partial charge in [-0.2, -0.15) is 0 Å². The molecule has 0 radical (unpaired) electrons. The number of hydrogen-bond acceptors (Lipinski definition) is 5. The van der Waals surface area contributed by atoms with Gasteiger partial charge < -0.3 is 4.74 Å². The lowest BCUT2D eigenvalue weighted by Gasteiger charge is -2.26. The fourth-order valence-electron chi connectivity index (χ4n) is 3.46. The van der Waals surface area contributed by atoms with E-state index in [1.165, 1.54) is 23.9 Å². The van der Waals surface area contributed by atoms with E-state index in [4.69, 9.17) is 4.74 Å². The van der Waals surface area contributed by atoms with Crippen LogP contribution in [-0.2, 0) is 14.8 Å². The van der Waals surface area contributed by atoms with Crippen molar-refractivity contribution in [1.82, 2.24) is 0 Å². The Morgan fingerprint density at radius 2 is 1.75 bits per heavy atom. The van der Waals surface area contributed by atoms with Crippen molar-refractivity contribution in [2.45, 2.75) is 17.2 Å². The average molecular weight is 473 g/mol. The first-order chi connectivity index (χ1) is 15.3. The Morgan fingerprint density at radius 3 is 2.41 bits per heavy atom. The fourth-order valence-corrected chi connectivity index (χ4v) is 5.69. The molecule has 6 nitrogen and oxygen atoms in total. The van der Waals surface area contributed by atoms with Crippen molar-refractivity contribution in [3.63, 3.8) is 0 Å². The van der Waals surface area contributed by atoms with Gasteiger partial charge in [0.2, 0.25) is 5.91 Å². The molecule has 1 amide bonds. The molecular weight excluding hydrogens is 451 g/mol. The lowest BCUT2D eigenvalue weighted by Crippen LogP contribution is -2.28. The zero-order valence-corrected chi connectivity index (χ0v) is 19.0. The van der Waals surface area contributed by atoms with Crippen molar-refractivity contribution in [1.29, 1.82) is 0 Å². The molecule has 4 rings (SSSR count). The van der Waals surface area contributed by atoms with Crippen molar-refractivity contribution < 1.29 is 22.3 Å². The molecule has 166 valence electrons. The molecule has 1 N–H and O–H groups in total. The molecule has 0 unspecified atom stereocenters. The summed E-state index contributed by atoms with van der Waals surface area (Å²) in [6.07, 6.45) is 0. The first-order valence-electron chi connectivity index (χ1n) is 9.75. The second kappa shape index (κ2) is 8.84. The van der Waals surface area contributed by atoms with Gasteiger partial charge in [-0.05, 0) is 66.6 Å². The van der Waals surface area contributed by atoms with Gasteiger partial charge in [-0.3, -0.25) is 14.4 Å². The van der Waals surface area contributed by atoms with Crippen LogP contribution in [0.5, 0.6) is 5.75 Å². The van der Waals surface area contributed by atoms with Gasteiger partial charge in [0.05, 0.1) is 23.4 Å². The monoisotopic (exact) mass is 472 g/mol. The summed E-state index contributed by atoms with van der Waals surface area (Å²) in [5.74, 6) is 0.414. The number of carbonyl (C=O) groups is 1. The van der Waals surface area contributed by atoms with Crippen LogP contribution in [-0.4, -0.2) is 27.2 Å². The van der Waals surface area contributed by atoms with Crippen LogP contribution >= 0.6 is 11.8 Å². The number of rotatable bonds is 6. The molecule has 0 saturated carbocycles. The maximum atomic E-state index is 13.1. The maximum Gasteiger partial charge on any atom is 0.261 e. The summed E-state index contributed by atoms with van der Waals surface area (Å²) in [4.78, 5) is 14.4. The van der Waals surface area contributed by atoms with Crippen LogP contribution in [0.2, 0.25) is 0 Å². The summed E-state index contributed by atoms with van der Waals surface area (Å²) in [5, 5.41) is -0.263. The third kappa shape index (κ3) is 4.44. The summed E-state index contributed by atoms with van der Waals surface area (Å²) in [6.45, 7) is 1.95. The molecule has 3 aromatic carbocycles. The van der Waals surface area contributed by atoms with E-state index in [1.54, 1.807) is 36.3 Å². The number of carbonyl (C=O) groups excluding carboxylic acids is 1. The highest BCUT2D eigenvalue weighted by Gasteiger charge is 2.35. The van der Waals surface area contributed by atoms with Crippen LogP contribution in [0.25, 0.3) is 0 Å². The van der Waals surface area contributed by atoms with E-state index in [9.17, 15) is 17.6 Å². The van der Waals surface area contributed by atoms with E-state index in [1.807, 2.05) is 25.1 Å².